The Morgan fingerprint density at radius 1 is 0.893 bits per heavy atom. The lowest BCUT2D eigenvalue weighted by atomic mass is 9.76. The zero-order valence-corrected chi connectivity index (χ0v) is 35.6. The number of carbonyl (C=O) groups is 5. The number of nitrogens with zero attached hydrogens (tertiary/aromatic N) is 3. The highest BCUT2D eigenvalue weighted by atomic mass is 16.2. The summed E-state index contributed by atoms with van der Waals surface area (Å²) in [4.78, 5) is 74.6. The zero-order chi connectivity index (χ0) is 41.5. The lowest BCUT2D eigenvalue weighted by Crippen LogP contribution is -2.61. The molecule has 2 aliphatic rings. The normalized spacial score (nSPS) is 19.7. The number of amides is 5. The topological polar surface area (TPSA) is 131 Å². The summed E-state index contributed by atoms with van der Waals surface area (Å²) in [5.41, 5.74) is 2.42. The number of likely N-dealkylation sites (N-methyl/N-ethyl adjacent to an activating group) is 2. The molecule has 2 heterocycles. The first kappa shape index (κ1) is 44.4. The van der Waals surface area contributed by atoms with Gasteiger partial charge in [0.05, 0.1) is 18.1 Å². The number of likely N-dealkylation sites (tertiary alicyclic amines) is 2. The van der Waals surface area contributed by atoms with E-state index < -0.39 is 46.9 Å². The monoisotopic (exact) mass is 771 g/mol. The molecule has 0 aliphatic carbocycles. The van der Waals surface area contributed by atoms with Crippen LogP contribution in [0.4, 0.5) is 0 Å². The van der Waals surface area contributed by atoms with Crippen molar-refractivity contribution >= 4 is 29.5 Å². The van der Waals surface area contributed by atoms with Gasteiger partial charge in [0.1, 0.15) is 12.1 Å². The Labute approximate surface area is 335 Å². The highest BCUT2D eigenvalue weighted by Crippen LogP contribution is 2.32. The van der Waals surface area contributed by atoms with Crippen LogP contribution in [0.2, 0.25) is 0 Å². The van der Waals surface area contributed by atoms with Gasteiger partial charge in [-0.15, -0.1) is 0 Å². The van der Waals surface area contributed by atoms with Crippen LogP contribution in [-0.4, -0.2) is 102 Å². The maximum atomic E-state index is 14.3. The smallest absolute Gasteiger partial charge is 0.249 e. The van der Waals surface area contributed by atoms with Gasteiger partial charge in [0.25, 0.3) is 0 Å². The second-order valence-electron chi connectivity index (χ2n) is 17.8. The first-order chi connectivity index (χ1) is 26.3. The average Bonchev–Trinajstić information content (AvgIpc) is 3.81. The summed E-state index contributed by atoms with van der Waals surface area (Å²) < 4.78 is 0. The summed E-state index contributed by atoms with van der Waals surface area (Å²) >= 11 is 0. The number of imide groups is 1. The van der Waals surface area contributed by atoms with Crippen molar-refractivity contribution in [1.82, 2.24) is 30.7 Å². The number of nitrogens with one attached hydrogen (secondary N) is 3. The van der Waals surface area contributed by atoms with Gasteiger partial charge in [0.2, 0.25) is 29.5 Å². The van der Waals surface area contributed by atoms with Gasteiger partial charge >= 0.3 is 0 Å². The summed E-state index contributed by atoms with van der Waals surface area (Å²) in [6.45, 7) is 19.3. The van der Waals surface area contributed by atoms with Crippen molar-refractivity contribution in [3.8, 4) is 0 Å². The third-order valence-corrected chi connectivity index (χ3v) is 11.6. The molecule has 2 saturated heterocycles. The van der Waals surface area contributed by atoms with E-state index in [0.717, 1.165) is 29.7 Å². The van der Waals surface area contributed by atoms with Crippen molar-refractivity contribution in [2.24, 2.45) is 11.3 Å². The summed E-state index contributed by atoms with van der Waals surface area (Å²) in [5.74, 6) is -1.71. The van der Waals surface area contributed by atoms with Gasteiger partial charge in [-0.3, -0.25) is 34.2 Å². The van der Waals surface area contributed by atoms with E-state index in [1.165, 1.54) is 0 Å². The first-order valence-electron chi connectivity index (χ1n) is 20.2. The van der Waals surface area contributed by atoms with Gasteiger partial charge in [-0.1, -0.05) is 115 Å². The molecule has 0 radical (unpaired) electrons. The molecule has 5 atom stereocenters. The van der Waals surface area contributed by atoms with Gasteiger partial charge < -0.3 is 20.4 Å². The van der Waals surface area contributed by atoms with Crippen molar-refractivity contribution in [2.45, 2.75) is 130 Å². The number of aryl methyl sites for hydroxylation is 1. The van der Waals surface area contributed by atoms with Crippen molar-refractivity contribution in [3.05, 3.63) is 82.9 Å². The molecule has 4 rings (SSSR count). The van der Waals surface area contributed by atoms with Crippen molar-refractivity contribution in [3.63, 3.8) is 0 Å². The number of benzene rings is 2. The Hall–Kier alpha value is -4.35. The second kappa shape index (κ2) is 18.7. The Morgan fingerprint density at radius 3 is 2.12 bits per heavy atom. The van der Waals surface area contributed by atoms with E-state index in [9.17, 15) is 24.0 Å². The molecule has 0 spiro atoms. The van der Waals surface area contributed by atoms with Crippen LogP contribution in [0.15, 0.2) is 66.2 Å². The molecule has 2 fully saturated rings. The molecular formula is C45H66N6O5. The number of rotatable bonds is 14. The first-order valence-corrected chi connectivity index (χ1v) is 20.2. The Kier molecular flexibility index (Phi) is 14.8. The quantitative estimate of drug-likeness (QED) is 0.180. The molecule has 0 bridgehead atoms. The minimum Gasteiger partial charge on any atom is -0.348 e. The van der Waals surface area contributed by atoms with Crippen LogP contribution in [0.5, 0.6) is 0 Å². The van der Waals surface area contributed by atoms with Crippen LogP contribution in [0.25, 0.3) is 0 Å². The van der Waals surface area contributed by atoms with Crippen LogP contribution >= 0.6 is 0 Å². The maximum Gasteiger partial charge on any atom is 0.249 e. The molecule has 2 aromatic rings. The maximum absolute atomic E-state index is 14.3. The van der Waals surface area contributed by atoms with Crippen molar-refractivity contribution in [1.29, 1.82) is 0 Å². The van der Waals surface area contributed by atoms with Crippen LogP contribution in [0.1, 0.15) is 97.8 Å². The minimum atomic E-state index is -0.822. The molecule has 306 valence electrons. The molecule has 2 aliphatic heterocycles. The second-order valence-corrected chi connectivity index (χ2v) is 17.8. The Balaban J connectivity index is 1.46. The third kappa shape index (κ3) is 10.5. The summed E-state index contributed by atoms with van der Waals surface area (Å²) in [6, 6.07) is 15.0. The average molecular weight is 771 g/mol. The standard InChI is InChI=1S/C45H66N6O5/c1-29(2)34(47-41(54)38(44(5,6)7)49(11)43(56)37(46-10)45(8,9)33-21-15-18-30(3)26-33)27-31(4)42(55)51-25-17-23-36(51)40(53)48-39(52)35-22-16-24-50(35)28-32-19-13-12-14-20-32/h12-15,18-21,26-27,29,34-38,46H,16-17,22-25,28H2,1-11H3,(H,47,54)(H,48,52,53)/b31-27+/t34-,35-,36-,37-,38-/m1/s1. The molecule has 2 aromatic carbocycles. The molecule has 3 N–H and O–H groups in total. The predicted octanol–water partition coefficient (Wildman–Crippen LogP) is 5.12. The molecule has 11 nitrogen and oxygen atoms in total. The van der Waals surface area contributed by atoms with E-state index in [2.05, 4.69) is 26.9 Å². The molecule has 0 unspecified atom stereocenters. The predicted molar refractivity (Wildman–Crippen MR) is 221 cm³/mol. The van der Waals surface area contributed by atoms with Crippen LogP contribution < -0.4 is 16.0 Å². The number of carbonyl (C=O) groups excluding carboxylic acids is 5. The fourth-order valence-electron chi connectivity index (χ4n) is 8.40. The fourth-order valence-corrected chi connectivity index (χ4v) is 8.40. The largest absolute Gasteiger partial charge is 0.348 e. The van der Waals surface area contributed by atoms with Crippen molar-refractivity contribution < 1.29 is 24.0 Å². The Morgan fingerprint density at radius 2 is 1.52 bits per heavy atom. The van der Waals surface area contributed by atoms with Crippen LogP contribution in [0, 0.1) is 18.3 Å². The number of hydrogen-bond donors (Lipinski definition) is 3. The third-order valence-electron chi connectivity index (χ3n) is 11.6. The van der Waals surface area contributed by atoms with Gasteiger partial charge in [-0.05, 0) is 75.6 Å². The lowest BCUT2D eigenvalue weighted by Gasteiger charge is -2.42. The van der Waals surface area contributed by atoms with E-state index in [-0.39, 0.29) is 29.5 Å². The summed E-state index contributed by atoms with van der Waals surface area (Å²) in [7, 11) is 3.45. The molecule has 5 amide bonds. The van der Waals surface area contributed by atoms with E-state index in [4.69, 9.17) is 0 Å². The molecule has 56 heavy (non-hydrogen) atoms. The van der Waals surface area contributed by atoms with Gasteiger partial charge in [0, 0.05) is 31.1 Å². The van der Waals surface area contributed by atoms with Crippen LogP contribution in [-0.2, 0) is 35.9 Å². The van der Waals surface area contributed by atoms with Gasteiger partial charge in [-0.25, -0.2) is 0 Å². The van der Waals surface area contributed by atoms with E-state index in [1.807, 2.05) is 104 Å². The summed E-state index contributed by atoms with van der Waals surface area (Å²) in [5, 5.41) is 9.03. The highest BCUT2D eigenvalue weighted by molar-refractivity contribution is 6.03. The SMILES string of the molecule is CN[C@H](C(=O)N(C)[C@H](C(=O)N[C@H](/C=C(\C)C(=O)N1CCC[C@@H]1C(=O)NC(=O)[C@H]1CCCN1Cc1ccccc1)C(C)C)C(C)(C)C)C(C)(C)c1cccc(C)c1. The van der Waals surface area contributed by atoms with E-state index in [0.29, 0.717) is 37.9 Å². The zero-order valence-electron chi connectivity index (χ0n) is 35.6. The molecule has 11 heteroatoms. The van der Waals surface area contributed by atoms with E-state index in [1.54, 1.807) is 36.9 Å². The Bertz CT molecular complexity index is 1750. The molecule has 0 aromatic heterocycles. The van der Waals surface area contributed by atoms with Crippen molar-refractivity contribution in [2.75, 3.05) is 27.2 Å². The van der Waals surface area contributed by atoms with Gasteiger partial charge in [0.15, 0.2) is 0 Å². The highest BCUT2D eigenvalue weighted by Gasteiger charge is 2.44. The lowest BCUT2D eigenvalue weighted by molar-refractivity contribution is -0.145. The van der Waals surface area contributed by atoms with Crippen LogP contribution in [0.3, 0.4) is 0 Å². The van der Waals surface area contributed by atoms with E-state index >= 15 is 0 Å². The molecule has 0 saturated carbocycles. The minimum absolute atomic E-state index is 0.0887. The fraction of sp³-hybridized carbons (Fsp3) is 0.578. The number of hydrogen-bond acceptors (Lipinski definition) is 7. The van der Waals surface area contributed by atoms with Gasteiger partial charge in [-0.2, -0.15) is 0 Å². The summed E-state index contributed by atoms with van der Waals surface area (Å²) in [6.07, 6.45) is 4.40. The molecular weight excluding hydrogens is 705 g/mol.